The summed E-state index contributed by atoms with van der Waals surface area (Å²) in [5, 5.41) is 0. The Bertz CT molecular complexity index is 1060. The molecule has 0 N–H and O–H groups in total. The van der Waals surface area contributed by atoms with E-state index in [4.69, 9.17) is 4.98 Å². The van der Waals surface area contributed by atoms with Crippen molar-refractivity contribution >= 4 is 23.5 Å². The van der Waals surface area contributed by atoms with Gasteiger partial charge in [0.25, 0.3) is 5.91 Å². The number of hydrogen-bond acceptors (Lipinski definition) is 5. The molecule has 0 spiro atoms. The van der Waals surface area contributed by atoms with E-state index in [1.165, 1.54) is 24.0 Å². The molecule has 0 bridgehead atoms. The smallest absolute Gasteiger partial charge is 0.255 e. The van der Waals surface area contributed by atoms with Gasteiger partial charge in [-0.2, -0.15) is 0 Å². The largest absolute Gasteiger partial charge is 0.353 e. The number of nitrogens with zero attached hydrogens (tertiary/aromatic N) is 5. The monoisotopic (exact) mass is 433 g/mol. The number of hydrogen-bond donors (Lipinski definition) is 0. The molecule has 0 radical (unpaired) electrons. The van der Waals surface area contributed by atoms with Crippen LogP contribution in [0.1, 0.15) is 65.7 Å². The lowest BCUT2D eigenvalue weighted by atomic mass is 10.1. The van der Waals surface area contributed by atoms with E-state index in [2.05, 4.69) is 22.9 Å². The van der Waals surface area contributed by atoms with E-state index in [9.17, 15) is 9.59 Å². The minimum absolute atomic E-state index is 0.00996. The number of carbonyl (C=O) groups is 2. The maximum Gasteiger partial charge on any atom is 0.255 e. The number of amides is 2. The van der Waals surface area contributed by atoms with Gasteiger partial charge < -0.3 is 9.80 Å². The van der Waals surface area contributed by atoms with Crippen LogP contribution in [0.25, 0.3) is 0 Å². The fourth-order valence-electron chi connectivity index (χ4n) is 4.94. The van der Waals surface area contributed by atoms with E-state index < -0.39 is 0 Å². The Kier molecular flexibility index (Phi) is 5.35. The molecule has 2 aromatic rings. The molecule has 1 unspecified atom stereocenters. The third kappa shape index (κ3) is 3.85. The zero-order chi connectivity index (χ0) is 22.4. The van der Waals surface area contributed by atoms with Gasteiger partial charge in [-0.15, -0.1) is 0 Å². The second kappa shape index (κ2) is 8.19. The average Bonchev–Trinajstić information content (AvgIpc) is 3.58. The van der Waals surface area contributed by atoms with Crippen LogP contribution >= 0.6 is 0 Å². The number of piperazine rings is 1. The Hall–Kier alpha value is -2.96. The maximum atomic E-state index is 13.2. The van der Waals surface area contributed by atoms with E-state index in [1.54, 1.807) is 4.90 Å². The predicted octanol–water partition coefficient (Wildman–Crippen LogP) is 3.45. The van der Waals surface area contributed by atoms with Crippen molar-refractivity contribution in [2.75, 3.05) is 36.0 Å². The molecule has 5 rings (SSSR count). The molecule has 3 fully saturated rings. The number of aryl methyl sites for hydroxylation is 2. The van der Waals surface area contributed by atoms with Gasteiger partial charge in [0.15, 0.2) is 0 Å². The van der Waals surface area contributed by atoms with Gasteiger partial charge in [0.05, 0.1) is 11.3 Å². The first-order chi connectivity index (χ1) is 15.4. The van der Waals surface area contributed by atoms with Crippen molar-refractivity contribution in [1.29, 1.82) is 0 Å². The summed E-state index contributed by atoms with van der Waals surface area (Å²) >= 11 is 0. The first kappa shape index (κ1) is 20.9. The van der Waals surface area contributed by atoms with Crippen molar-refractivity contribution in [1.82, 2.24) is 14.9 Å². The van der Waals surface area contributed by atoms with E-state index in [0.717, 1.165) is 25.3 Å². The molecule has 2 aromatic heterocycles. The molecule has 1 atom stereocenters. The van der Waals surface area contributed by atoms with Crippen molar-refractivity contribution in [2.45, 2.75) is 58.4 Å². The number of anilines is 2. The maximum absolute atomic E-state index is 13.2. The van der Waals surface area contributed by atoms with Crippen LogP contribution in [-0.2, 0) is 4.79 Å². The average molecular weight is 434 g/mol. The summed E-state index contributed by atoms with van der Waals surface area (Å²) in [5.74, 6) is 2.51. The second-order valence-corrected chi connectivity index (χ2v) is 9.42. The molecule has 2 saturated heterocycles. The quantitative estimate of drug-likeness (QED) is 0.739. The Morgan fingerprint density at radius 3 is 2.41 bits per heavy atom. The minimum Gasteiger partial charge on any atom is -0.353 e. The number of rotatable bonds is 4. The van der Waals surface area contributed by atoms with Gasteiger partial charge in [-0.25, -0.2) is 9.97 Å². The molecule has 2 aliphatic heterocycles. The van der Waals surface area contributed by atoms with Crippen LogP contribution in [0.3, 0.4) is 0 Å². The van der Waals surface area contributed by atoms with Crippen LogP contribution in [0.15, 0.2) is 24.4 Å². The number of carbonyl (C=O) groups excluding carboxylic acids is 2. The molecule has 4 heterocycles. The summed E-state index contributed by atoms with van der Waals surface area (Å²) in [7, 11) is 0. The van der Waals surface area contributed by atoms with Crippen LogP contribution in [0.5, 0.6) is 0 Å². The van der Waals surface area contributed by atoms with Crippen molar-refractivity contribution in [3.05, 3.63) is 46.8 Å². The van der Waals surface area contributed by atoms with Gasteiger partial charge >= 0.3 is 0 Å². The normalized spacial score (nSPS) is 21.4. The molecule has 7 heteroatoms. The molecule has 2 amide bonds. The number of aromatic nitrogens is 2. The van der Waals surface area contributed by atoms with Crippen LogP contribution in [0, 0.1) is 13.8 Å². The highest BCUT2D eigenvalue weighted by molar-refractivity contribution is 5.97. The fourth-order valence-corrected chi connectivity index (χ4v) is 4.94. The van der Waals surface area contributed by atoms with Crippen LogP contribution < -0.4 is 9.80 Å². The molecule has 168 valence electrons. The molecule has 1 aliphatic carbocycles. The molecule has 1 saturated carbocycles. The lowest BCUT2D eigenvalue weighted by Crippen LogP contribution is -2.49. The summed E-state index contributed by atoms with van der Waals surface area (Å²) in [6.07, 6.45) is 6.00. The van der Waals surface area contributed by atoms with Crippen molar-refractivity contribution < 1.29 is 9.59 Å². The highest BCUT2D eigenvalue weighted by Gasteiger charge is 2.31. The molecule has 0 aromatic carbocycles. The van der Waals surface area contributed by atoms with Crippen LogP contribution in [0.4, 0.5) is 11.6 Å². The molecular weight excluding hydrogens is 402 g/mol. The van der Waals surface area contributed by atoms with Crippen molar-refractivity contribution in [3.8, 4) is 0 Å². The highest BCUT2D eigenvalue weighted by atomic mass is 16.2. The Morgan fingerprint density at radius 1 is 1.06 bits per heavy atom. The summed E-state index contributed by atoms with van der Waals surface area (Å²) in [4.78, 5) is 40.7. The Morgan fingerprint density at radius 2 is 1.81 bits per heavy atom. The summed E-state index contributed by atoms with van der Waals surface area (Å²) in [6, 6.07) is 6.07. The minimum atomic E-state index is 0.00996. The standard InChI is InChI=1S/C25H31N5O2/c1-16-14-20(19-5-6-19)15-26-24(16)28-10-12-29(13-11-28)25(32)21-7-8-22(27-18(21)3)30-17(2)4-9-23(30)31/h7-8,14-15,17,19H,4-6,9-13H2,1-3H3. The van der Waals surface area contributed by atoms with Gasteiger partial charge in [0, 0.05) is 44.8 Å². The summed E-state index contributed by atoms with van der Waals surface area (Å²) < 4.78 is 0. The molecular formula is C25H31N5O2. The van der Waals surface area contributed by atoms with E-state index in [-0.39, 0.29) is 17.9 Å². The first-order valence-corrected chi connectivity index (χ1v) is 11.7. The third-order valence-electron chi connectivity index (χ3n) is 7.02. The zero-order valence-electron chi connectivity index (χ0n) is 19.2. The SMILES string of the molecule is Cc1cc(C2CC2)cnc1N1CCN(C(=O)c2ccc(N3C(=O)CCC3C)nc2C)CC1. The Labute approximate surface area is 189 Å². The number of pyridine rings is 2. The van der Waals surface area contributed by atoms with Gasteiger partial charge in [-0.1, -0.05) is 6.07 Å². The van der Waals surface area contributed by atoms with Crippen molar-refractivity contribution in [3.63, 3.8) is 0 Å². The van der Waals surface area contributed by atoms with Crippen LogP contribution in [0.2, 0.25) is 0 Å². The molecule has 3 aliphatic rings. The van der Waals surface area contributed by atoms with E-state index in [1.807, 2.05) is 37.1 Å². The lowest BCUT2D eigenvalue weighted by molar-refractivity contribution is -0.117. The Balaban J connectivity index is 1.25. The topological polar surface area (TPSA) is 69.6 Å². The molecule has 32 heavy (non-hydrogen) atoms. The van der Waals surface area contributed by atoms with Gasteiger partial charge in [0.1, 0.15) is 11.6 Å². The van der Waals surface area contributed by atoms with Gasteiger partial charge in [-0.3, -0.25) is 14.5 Å². The van der Waals surface area contributed by atoms with E-state index >= 15 is 0 Å². The zero-order valence-corrected chi connectivity index (χ0v) is 19.2. The highest BCUT2D eigenvalue weighted by Crippen LogP contribution is 2.40. The molecule has 7 nitrogen and oxygen atoms in total. The summed E-state index contributed by atoms with van der Waals surface area (Å²) in [6.45, 7) is 8.89. The third-order valence-corrected chi connectivity index (χ3v) is 7.02. The fraction of sp³-hybridized carbons (Fsp3) is 0.520. The summed E-state index contributed by atoms with van der Waals surface area (Å²) in [5.41, 5.74) is 3.87. The van der Waals surface area contributed by atoms with Gasteiger partial charge in [-0.05, 0) is 69.2 Å². The van der Waals surface area contributed by atoms with Crippen molar-refractivity contribution in [2.24, 2.45) is 0 Å². The van der Waals surface area contributed by atoms with Crippen LogP contribution in [-0.4, -0.2) is 58.9 Å². The van der Waals surface area contributed by atoms with E-state index in [0.29, 0.717) is 42.5 Å². The second-order valence-electron chi connectivity index (χ2n) is 9.42. The van der Waals surface area contributed by atoms with Gasteiger partial charge in [0.2, 0.25) is 5.91 Å². The predicted molar refractivity (Wildman–Crippen MR) is 124 cm³/mol. The lowest BCUT2D eigenvalue weighted by Gasteiger charge is -2.36. The first-order valence-electron chi connectivity index (χ1n) is 11.7.